The van der Waals surface area contributed by atoms with Gasteiger partial charge in [-0.25, -0.2) is 19.4 Å². The van der Waals surface area contributed by atoms with E-state index in [1.165, 1.54) is 0 Å². The molecule has 0 aliphatic carbocycles. The van der Waals surface area contributed by atoms with E-state index in [0.29, 0.717) is 60.7 Å². The van der Waals surface area contributed by atoms with Gasteiger partial charge in [0.2, 0.25) is 17.7 Å². The third-order valence-electron chi connectivity index (χ3n) is 9.39. The minimum Gasteiger partial charge on any atom is -0.481 e. The van der Waals surface area contributed by atoms with Gasteiger partial charge < -0.3 is 34.9 Å². The van der Waals surface area contributed by atoms with Gasteiger partial charge >= 0.3 is 6.03 Å². The smallest absolute Gasteiger partial charge is 0.324 e. The lowest BCUT2D eigenvalue weighted by Crippen LogP contribution is -2.55. The first-order valence-electron chi connectivity index (χ1n) is 18.8. The summed E-state index contributed by atoms with van der Waals surface area (Å²) in [5, 5.41) is 18.6. The number of anilines is 3. The zero-order valence-electron chi connectivity index (χ0n) is 32.9. The van der Waals surface area contributed by atoms with Crippen molar-refractivity contribution in [3.05, 3.63) is 115 Å². The van der Waals surface area contributed by atoms with Crippen LogP contribution in [-0.4, -0.2) is 94.5 Å². The predicted octanol–water partition coefficient (Wildman–Crippen LogP) is 6.43. The zero-order chi connectivity index (χ0) is 40.6. The number of benzene rings is 3. The van der Waals surface area contributed by atoms with E-state index in [2.05, 4.69) is 61.9 Å². The lowest BCUT2D eigenvalue weighted by Gasteiger charge is -2.36. The summed E-state index contributed by atoms with van der Waals surface area (Å²) in [6.45, 7) is 8.12. The van der Waals surface area contributed by atoms with Crippen molar-refractivity contribution in [2.75, 3.05) is 56.5 Å². The highest BCUT2D eigenvalue weighted by Crippen LogP contribution is 2.34. The van der Waals surface area contributed by atoms with Gasteiger partial charge in [-0.1, -0.05) is 63.2 Å². The van der Waals surface area contributed by atoms with Crippen molar-refractivity contribution in [3.8, 4) is 23.2 Å². The summed E-state index contributed by atoms with van der Waals surface area (Å²) in [5.74, 6) is 1.71. The molecule has 300 valence electrons. The molecule has 2 atom stereocenters. The highest BCUT2D eigenvalue weighted by Gasteiger charge is 2.27. The maximum atomic E-state index is 13.6. The van der Waals surface area contributed by atoms with Gasteiger partial charge in [-0.05, 0) is 30.3 Å². The van der Waals surface area contributed by atoms with Crippen LogP contribution in [0.3, 0.4) is 0 Å². The molecule has 0 radical (unpaired) electrons. The van der Waals surface area contributed by atoms with Crippen LogP contribution in [0.25, 0.3) is 16.5 Å². The van der Waals surface area contributed by atoms with Gasteiger partial charge in [-0.2, -0.15) is 10.1 Å². The Morgan fingerprint density at radius 2 is 1.71 bits per heavy atom. The number of nitrogens with zero attached hydrogens (tertiary/aromatic N) is 6. The molecule has 4 N–H and O–H groups in total. The molecule has 1 saturated heterocycles. The SMILES string of the molecule is COc1ccc(-n2nc(C(C)(C)C)cc2NC(=O)Nc2ccc(Oc3ccnc(NC(CN4CCOCC4OC)NC(=O)c4ccccc4)n3)c3ccccc23)cn1. The first kappa shape index (κ1) is 39.6. The molecule has 6 aromatic rings. The predicted molar refractivity (Wildman–Crippen MR) is 220 cm³/mol. The number of hydrogen-bond donors (Lipinski definition) is 4. The lowest BCUT2D eigenvalue weighted by atomic mass is 9.92. The summed E-state index contributed by atoms with van der Waals surface area (Å²) in [7, 11) is 3.18. The van der Waals surface area contributed by atoms with E-state index in [4.69, 9.17) is 24.0 Å². The molecule has 0 spiro atoms. The van der Waals surface area contributed by atoms with Crippen molar-refractivity contribution >= 4 is 40.2 Å². The number of rotatable bonds is 13. The van der Waals surface area contributed by atoms with Gasteiger partial charge in [0.25, 0.3) is 5.91 Å². The molecule has 1 fully saturated rings. The second kappa shape index (κ2) is 17.7. The summed E-state index contributed by atoms with van der Waals surface area (Å²) in [6, 6.07) is 26.7. The number of morpholine rings is 1. The summed E-state index contributed by atoms with van der Waals surface area (Å²) < 4.78 is 24.4. The van der Waals surface area contributed by atoms with Crippen LogP contribution < -0.4 is 30.7 Å². The summed E-state index contributed by atoms with van der Waals surface area (Å²) >= 11 is 0. The minimum absolute atomic E-state index is 0.247. The van der Waals surface area contributed by atoms with Crippen LogP contribution in [0.4, 0.5) is 22.2 Å². The number of hydrogen-bond acceptors (Lipinski definition) is 12. The number of pyridine rings is 1. The third kappa shape index (κ3) is 9.49. The van der Waals surface area contributed by atoms with Gasteiger partial charge in [-0.15, -0.1) is 0 Å². The second-order valence-corrected chi connectivity index (χ2v) is 14.5. The number of carbonyl (C=O) groups excluding carboxylic acids is 2. The van der Waals surface area contributed by atoms with Gasteiger partial charge in [0.1, 0.15) is 24.0 Å². The minimum atomic E-state index is -0.595. The van der Waals surface area contributed by atoms with E-state index in [0.717, 1.165) is 16.5 Å². The number of fused-ring (bicyclic) bond motifs is 1. The lowest BCUT2D eigenvalue weighted by molar-refractivity contribution is -0.125. The van der Waals surface area contributed by atoms with Gasteiger partial charge in [0.05, 0.1) is 43.6 Å². The normalized spacial score (nSPS) is 15.0. The van der Waals surface area contributed by atoms with E-state index in [9.17, 15) is 9.59 Å². The Morgan fingerprint density at radius 1 is 0.914 bits per heavy atom. The molecule has 0 bridgehead atoms. The van der Waals surface area contributed by atoms with Crippen LogP contribution >= 0.6 is 0 Å². The molecule has 1 aliphatic rings. The molecule has 58 heavy (non-hydrogen) atoms. The van der Waals surface area contributed by atoms with Crippen molar-refractivity contribution < 1.29 is 28.5 Å². The van der Waals surface area contributed by atoms with Crippen molar-refractivity contribution in [3.63, 3.8) is 0 Å². The molecule has 2 unspecified atom stereocenters. The molecular formula is C42H46N10O6. The zero-order valence-corrected chi connectivity index (χ0v) is 32.9. The Hall–Kier alpha value is -6.62. The molecule has 0 saturated carbocycles. The number of amides is 3. The maximum Gasteiger partial charge on any atom is 0.324 e. The van der Waals surface area contributed by atoms with Crippen LogP contribution in [-0.2, 0) is 14.9 Å². The quantitative estimate of drug-likeness (QED) is 0.0946. The van der Waals surface area contributed by atoms with E-state index >= 15 is 0 Å². The summed E-state index contributed by atoms with van der Waals surface area (Å²) in [5.41, 5.74) is 2.26. The van der Waals surface area contributed by atoms with Crippen molar-refractivity contribution in [2.45, 2.75) is 38.6 Å². The molecule has 4 heterocycles. The Morgan fingerprint density at radius 3 is 2.45 bits per heavy atom. The van der Waals surface area contributed by atoms with E-state index in [1.54, 1.807) is 67.7 Å². The number of urea groups is 1. The Balaban J connectivity index is 1.09. The average molecular weight is 787 g/mol. The molecule has 1 aliphatic heterocycles. The summed E-state index contributed by atoms with van der Waals surface area (Å²) in [6.07, 6.45) is 2.34. The molecule has 3 amide bonds. The van der Waals surface area contributed by atoms with E-state index in [1.807, 2.05) is 54.6 Å². The molecule has 7 rings (SSSR count). The van der Waals surface area contributed by atoms with Crippen LogP contribution in [0.15, 0.2) is 103 Å². The summed E-state index contributed by atoms with van der Waals surface area (Å²) in [4.78, 5) is 42.3. The van der Waals surface area contributed by atoms with E-state index in [-0.39, 0.29) is 29.4 Å². The number of methoxy groups -OCH3 is 2. The van der Waals surface area contributed by atoms with Crippen LogP contribution in [0, 0.1) is 0 Å². The fourth-order valence-corrected chi connectivity index (χ4v) is 6.36. The number of aromatic nitrogens is 5. The first-order chi connectivity index (χ1) is 28.1. The monoisotopic (exact) mass is 786 g/mol. The third-order valence-corrected chi connectivity index (χ3v) is 9.39. The average Bonchev–Trinajstić information content (AvgIpc) is 3.67. The van der Waals surface area contributed by atoms with E-state index < -0.39 is 12.2 Å². The fourth-order valence-electron chi connectivity index (χ4n) is 6.36. The second-order valence-electron chi connectivity index (χ2n) is 14.5. The Bertz CT molecular complexity index is 2350. The highest BCUT2D eigenvalue weighted by atomic mass is 16.5. The molecule has 3 aromatic heterocycles. The number of carbonyl (C=O) groups is 2. The largest absolute Gasteiger partial charge is 0.481 e. The molecule has 16 heteroatoms. The number of nitrogens with one attached hydrogen (secondary N) is 4. The topological polar surface area (TPSA) is 179 Å². The van der Waals surface area contributed by atoms with Crippen LogP contribution in [0.1, 0.15) is 36.8 Å². The van der Waals surface area contributed by atoms with Gasteiger partial charge in [0.15, 0.2) is 0 Å². The van der Waals surface area contributed by atoms with Gasteiger partial charge in [-0.3, -0.25) is 15.0 Å². The number of ether oxygens (including phenoxy) is 4. The van der Waals surface area contributed by atoms with Crippen molar-refractivity contribution in [2.24, 2.45) is 0 Å². The standard InChI is InChI=1S/C42H46N10O6/c1-42(2,3)33-23-35(52(50-33)28-15-18-36(55-4)44-24-28)48-41(54)45-31-16-17-32(30-14-10-9-13-29(30)31)58-37-19-20-43-40(49-37)47-34(25-51-21-22-57-26-38(51)56-5)46-39(53)27-11-7-6-8-12-27/h6-20,23-24,34,38H,21-22,25-26H2,1-5H3,(H,46,53)(H,43,47,49)(H2,45,48,54). The highest BCUT2D eigenvalue weighted by molar-refractivity contribution is 6.07. The Labute approximate surface area is 335 Å². The van der Waals surface area contributed by atoms with Gasteiger partial charge in [0, 0.05) is 66.3 Å². The molecule has 3 aromatic carbocycles. The first-order valence-corrected chi connectivity index (χ1v) is 18.8. The Kier molecular flexibility index (Phi) is 12.1. The molecule has 16 nitrogen and oxygen atoms in total. The maximum absolute atomic E-state index is 13.6. The van der Waals surface area contributed by atoms with Crippen molar-refractivity contribution in [1.29, 1.82) is 0 Å². The molecular weight excluding hydrogens is 741 g/mol. The fraction of sp³-hybridized carbons (Fsp3) is 0.286. The van der Waals surface area contributed by atoms with Crippen LogP contribution in [0.2, 0.25) is 0 Å². The van der Waals surface area contributed by atoms with Crippen molar-refractivity contribution in [1.82, 2.24) is 34.9 Å². The van der Waals surface area contributed by atoms with Crippen LogP contribution in [0.5, 0.6) is 17.5 Å².